The Bertz CT molecular complexity index is 711. The maximum absolute atomic E-state index is 12.1. The topological polar surface area (TPSA) is 101 Å². The number of pyridine rings is 1. The van der Waals surface area contributed by atoms with Gasteiger partial charge in [-0.3, -0.25) is 9.78 Å². The van der Waals surface area contributed by atoms with E-state index in [1.165, 1.54) is 11.3 Å². The third-order valence-electron chi connectivity index (χ3n) is 3.61. The summed E-state index contributed by atoms with van der Waals surface area (Å²) in [6.45, 7) is 0.320. The lowest BCUT2D eigenvalue weighted by molar-refractivity contribution is -0.147. The molecule has 0 aromatic carbocycles. The van der Waals surface area contributed by atoms with Crippen molar-refractivity contribution in [1.29, 1.82) is 0 Å². The Morgan fingerprint density at radius 3 is 3.00 bits per heavy atom. The molecule has 0 saturated carbocycles. The predicted molar refractivity (Wildman–Crippen MR) is 83.0 cm³/mol. The molecule has 1 atom stereocenters. The molecular formula is C15H15N3O4S. The van der Waals surface area contributed by atoms with Gasteiger partial charge in [0.2, 0.25) is 5.91 Å². The van der Waals surface area contributed by atoms with E-state index >= 15 is 0 Å². The molecule has 7 nitrogen and oxygen atoms in total. The Hall–Kier alpha value is -2.32. The number of hydrogen-bond donors (Lipinski definition) is 2. The summed E-state index contributed by atoms with van der Waals surface area (Å²) in [6.07, 6.45) is 3.69. The van der Waals surface area contributed by atoms with Crippen molar-refractivity contribution < 1.29 is 19.4 Å². The SMILES string of the molecule is O=C(Cc1csc(-c2cccnc2)n1)NC1(C(=O)O)CCOC1. The van der Waals surface area contributed by atoms with Crippen LogP contribution in [0.5, 0.6) is 0 Å². The molecule has 8 heteroatoms. The van der Waals surface area contributed by atoms with Gasteiger partial charge >= 0.3 is 5.97 Å². The summed E-state index contributed by atoms with van der Waals surface area (Å²) in [7, 11) is 0. The Balaban J connectivity index is 1.67. The molecule has 2 aromatic rings. The summed E-state index contributed by atoms with van der Waals surface area (Å²) in [5.74, 6) is -1.45. The average Bonchev–Trinajstić information content (AvgIpc) is 3.18. The van der Waals surface area contributed by atoms with Gasteiger partial charge in [0, 0.05) is 36.4 Å². The molecule has 1 unspecified atom stereocenters. The summed E-state index contributed by atoms with van der Waals surface area (Å²) in [4.78, 5) is 32.0. The third kappa shape index (κ3) is 3.38. The van der Waals surface area contributed by atoms with E-state index in [0.29, 0.717) is 12.3 Å². The zero-order chi connectivity index (χ0) is 16.3. The van der Waals surface area contributed by atoms with Crippen LogP contribution in [0.15, 0.2) is 29.9 Å². The molecule has 23 heavy (non-hydrogen) atoms. The second-order valence-electron chi connectivity index (χ2n) is 5.30. The van der Waals surface area contributed by atoms with E-state index in [1.807, 2.05) is 12.1 Å². The monoisotopic (exact) mass is 333 g/mol. The molecule has 0 radical (unpaired) electrons. The van der Waals surface area contributed by atoms with Crippen molar-refractivity contribution >= 4 is 23.2 Å². The first-order valence-electron chi connectivity index (χ1n) is 7.06. The lowest BCUT2D eigenvalue weighted by atomic mass is 9.99. The summed E-state index contributed by atoms with van der Waals surface area (Å²) in [5, 5.41) is 14.5. The van der Waals surface area contributed by atoms with E-state index in [1.54, 1.807) is 17.8 Å². The number of amides is 1. The van der Waals surface area contributed by atoms with Crippen LogP contribution in [0.25, 0.3) is 10.6 Å². The molecule has 1 amide bonds. The third-order valence-corrected chi connectivity index (χ3v) is 4.55. The molecule has 1 aliphatic heterocycles. The van der Waals surface area contributed by atoms with Crippen molar-refractivity contribution in [2.75, 3.05) is 13.2 Å². The van der Waals surface area contributed by atoms with Gasteiger partial charge in [-0.05, 0) is 12.1 Å². The number of aliphatic carboxylic acids is 1. The van der Waals surface area contributed by atoms with Gasteiger partial charge in [0.15, 0.2) is 5.54 Å². The predicted octanol–water partition coefficient (Wildman–Crippen LogP) is 1.11. The Morgan fingerprint density at radius 2 is 2.35 bits per heavy atom. The van der Waals surface area contributed by atoms with E-state index < -0.39 is 11.5 Å². The van der Waals surface area contributed by atoms with E-state index in [9.17, 15) is 14.7 Å². The van der Waals surface area contributed by atoms with Crippen LogP contribution in [0.2, 0.25) is 0 Å². The van der Waals surface area contributed by atoms with E-state index in [4.69, 9.17) is 4.74 Å². The number of carboxylic acids is 1. The van der Waals surface area contributed by atoms with E-state index in [0.717, 1.165) is 10.6 Å². The molecule has 1 saturated heterocycles. The zero-order valence-electron chi connectivity index (χ0n) is 12.2. The van der Waals surface area contributed by atoms with Crippen LogP contribution in [-0.4, -0.2) is 45.7 Å². The Labute approximate surface area is 136 Å². The normalized spacial score (nSPS) is 20.3. The average molecular weight is 333 g/mol. The number of hydrogen-bond acceptors (Lipinski definition) is 6. The second-order valence-corrected chi connectivity index (χ2v) is 6.16. The van der Waals surface area contributed by atoms with Crippen LogP contribution in [-0.2, 0) is 20.7 Å². The highest BCUT2D eigenvalue weighted by Crippen LogP contribution is 2.23. The molecule has 1 aliphatic rings. The van der Waals surface area contributed by atoms with Crippen LogP contribution in [0.1, 0.15) is 12.1 Å². The van der Waals surface area contributed by atoms with Crippen LogP contribution in [0.4, 0.5) is 0 Å². The highest BCUT2D eigenvalue weighted by molar-refractivity contribution is 7.13. The first kappa shape index (κ1) is 15.6. The van der Waals surface area contributed by atoms with Gasteiger partial charge in [-0.15, -0.1) is 11.3 Å². The molecule has 0 bridgehead atoms. The molecule has 0 spiro atoms. The molecule has 3 rings (SSSR count). The molecule has 1 fully saturated rings. The number of rotatable bonds is 5. The Morgan fingerprint density at radius 1 is 1.48 bits per heavy atom. The largest absolute Gasteiger partial charge is 0.479 e. The van der Waals surface area contributed by atoms with Crippen LogP contribution < -0.4 is 5.32 Å². The maximum Gasteiger partial charge on any atom is 0.331 e. The summed E-state index contributed by atoms with van der Waals surface area (Å²) < 4.78 is 5.12. The van der Waals surface area contributed by atoms with Crippen LogP contribution in [0, 0.1) is 0 Å². The van der Waals surface area contributed by atoms with Gasteiger partial charge in [0.05, 0.1) is 18.7 Å². The molecule has 2 aromatic heterocycles. The summed E-state index contributed by atoms with van der Waals surface area (Å²) >= 11 is 1.42. The first-order chi connectivity index (χ1) is 11.1. The number of nitrogens with one attached hydrogen (secondary N) is 1. The lowest BCUT2D eigenvalue weighted by Crippen LogP contribution is -2.55. The van der Waals surface area contributed by atoms with Gasteiger partial charge in [-0.1, -0.05) is 0 Å². The minimum atomic E-state index is -1.32. The number of ether oxygens (including phenoxy) is 1. The van der Waals surface area contributed by atoms with Crippen molar-refractivity contribution in [3.63, 3.8) is 0 Å². The van der Waals surface area contributed by atoms with Gasteiger partial charge in [-0.2, -0.15) is 0 Å². The number of carboxylic acid groups (broad SMARTS) is 1. The zero-order valence-corrected chi connectivity index (χ0v) is 13.0. The van der Waals surface area contributed by atoms with E-state index in [-0.39, 0.29) is 25.4 Å². The first-order valence-corrected chi connectivity index (χ1v) is 7.94. The number of carbonyl (C=O) groups is 2. The minimum Gasteiger partial charge on any atom is -0.479 e. The summed E-state index contributed by atoms with van der Waals surface area (Å²) in [6, 6.07) is 3.71. The molecular weight excluding hydrogens is 318 g/mol. The maximum atomic E-state index is 12.1. The number of carbonyl (C=O) groups excluding carboxylic acids is 1. The number of aromatic nitrogens is 2. The lowest BCUT2D eigenvalue weighted by Gasteiger charge is -2.23. The fraction of sp³-hybridized carbons (Fsp3) is 0.333. The number of thiazole rings is 1. The second kappa shape index (κ2) is 6.43. The fourth-order valence-electron chi connectivity index (χ4n) is 2.37. The van der Waals surface area contributed by atoms with Crippen molar-refractivity contribution in [2.45, 2.75) is 18.4 Å². The number of nitrogens with zero attached hydrogens (tertiary/aromatic N) is 2. The minimum absolute atomic E-state index is 0.00786. The van der Waals surface area contributed by atoms with Gasteiger partial charge in [0.1, 0.15) is 5.01 Å². The molecule has 3 heterocycles. The van der Waals surface area contributed by atoms with Crippen molar-refractivity contribution in [1.82, 2.24) is 15.3 Å². The molecule has 2 N–H and O–H groups in total. The van der Waals surface area contributed by atoms with Crippen LogP contribution in [0.3, 0.4) is 0 Å². The van der Waals surface area contributed by atoms with Gasteiger partial charge < -0.3 is 15.2 Å². The highest BCUT2D eigenvalue weighted by Gasteiger charge is 2.43. The van der Waals surface area contributed by atoms with E-state index in [2.05, 4.69) is 15.3 Å². The quantitative estimate of drug-likeness (QED) is 0.850. The standard InChI is InChI=1S/C15H15N3O4S/c19-12(18-15(14(20)21)3-5-22-9-15)6-11-8-23-13(17-11)10-2-1-4-16-7-10/h1-2,4,7-8H,3,5-6,9H2,(H,18,19)(H,20,21). The van der Waals surface area contributed by atoms with Crippen LogP contribution >= 0.6 is 11.3 Å². The molecule has 120 valence electrons. The van der Waals surface area contributed by atoms with Crippen molar-refractivity contribution in [3.05, 3.63) is 35.6 Å². The Kier molecular flexibility index (Phi) is 4.35. The summed E-state index contributed by atoms with van der Waals surface area (Å²) in [5.41, 5.74) is 0.167. The highest BCUT2D eigenvalue weighted by atomic mass is 32.1. The van der Waals surface area contributed by atoms with Crippen molar-refractivity contribution in [2.24, 2.45) is 0 Å². The van der Waals surface area contributed by atoms with Crippen molar-refractivity contribution in [3.8, 4) is 10.6 Å². The molecule has 0 aliphatic carbocycles. The fourth-order valence-corrected chi connectivity index (χ4v) is 3.18. The van der Waals surface area contributed by atoms with Gasteiger partial charge in [-0.25, -0.2) is 9.78 Å². The van der Waals surface area contributed by atoms with Gasteiger partial charge in [0.25, 0.3) is 0 Å². The smallest absolute Gasteiger partial charge is 0.331 e.